The molecule has 0 bridgehead atoms. The number of nitrogens with one attached hydrogen (secondary N) is 2. The van der Waals surface area contributed by atoms with Gasteiger partial charge in [-0.15, -0.1) is 0 Å². The fourth-order valence-electron chi connectivity index (χ4n) is 1.63. The summed E-state index contributed by atoms with van der Waals surface area (Å²) >= 11 is 0. The number of sulfone groups is 1. The Morgan fingerprint density at radius 3 is 2.71 bits per heavy atom. The number of nitrogens with zero attached hydrogens (tertiary/aromatic N) is 1. The molecule has 1 amide bonds. The predicted octanol–water partition coefficient (Wildman–Crippen LogP) is 1.21. The van der Waals surface area contributed by atoms with Gasteiger partial charge in [0.2, 0.25) is 0 Å². The maximum absolute atomic E-state index is 13.2. The third-order valence-electron chi connectivity index (χ3n) is 2.62. The summed E-state index contributed by atoms with van der Waals surface area (Å²) in [5.41, 5.74) is 0.114. The van der Waals surface area contributed by atoms with E-state index >= 15 is 0 Å². The fraction of sp³-hybridized carbons (Fsp3) is 0.538. The van der Waals surface area contributed by atoms with E-state index in [0.29, 0.717) is 18.8 Å². The van der Waals surface area contributed by atoms with Gasteiger partial charge >= 0.3 is 0 Å². The minimum atomic E-state index is -3.05. The molecule has 0 spiro atoms. The first kappa shape index (κ1) is 17.4. The zero-order valence-corrected chi connectivity index (χ0v) is 13.0. The van der Waals surface area contributed by atoms with E-state index in [2.05, 4.69) is 15.6 Å². The second-order valence-electron chi connectivity index (χ2n) is 4.72. The van der Waals surface area contributed by atoms with Gasteiger partial charge in [-0.25, -0.2) is 17.8 Å². The first-order valence-electron chi connectivity index (χ1n) is 6.69. The van der Waals surface area contributed by atoms with Gasteiger partial charge in [-0.3, -0.25) is 4.79 Å². The summed E-state index contributed by atoms with van der Waals surface area (Å²) in [6.07, 6.45) is 3.33. The highest BCUT2D eigenvalue weighted by atomic mass is 32.2. The number of aromatic nitrogens is 1. The normalized spacial score (nSPS) is 11.2. The van der Waals surface area contributed by atoms with E-state index in [4.69, 9.17) is 0 Å². The molecule has 1 aromatic rings. The van der Waals surface area contributed by atoms with Gasteiger partial charge in [-0.1, -0.05) is 6.92 Å². The minimum Gasteiger partial charge on any atom is -0.369 e. The Labute approximate surface area is 124 Å². The molecule has 0 radical (unpaired) electrons. The third-order valence-corrected chi connectivity index (χ3v) is 3.65. The summed E-state index contributed by atoms with van der Waals surface area (Å²) in [6, 6.07) is 1.11. The van der Waals surface area contributed by atoms with Crippen LogP contribution in [0.4, 0.5) is 10.2 Å². The van der Waals surface area contributed by atoms with Gasteiger partial charge in [-0.05, 0) is 18.9 Å². The lowest BCUT2D eigenvalue weighted by Gasteiger charge is -2.10. The van der Waals surface area contributed by atoms with E-state index in [0.717, 1.165) is 24.9 Å². The maximum Gasteiger partial charge on any atom is 0.255 e. The molecule has 0 unspecified atom stereocenters. The molecule has 0 aliphatic heterocycles. The van der Waals surface area contributed by atoms with Crippen LogP contribution in [-0.2, 0) is 9.84 Å². The van der Waals surface area contributed by atoms with Crippen molar-refractivity contribution < 1.29 is 17.6 Å². The molecule has 118 valence electrons. The summed E-state index contributed by atoms with van der Waals surface area (Å²) in [5.74, 6) is -0.762. The van der Waals surface area contributed by atoms with Crippen molar-refractivity contribution in [2.75, 3.05) is 30.4 Å². The SMILES string of the molecule is CCCNc1ncc(F)cc1C(=O)NCCCS(C)(=O)=O. The van der Waals surface area contributed by atoms with Crippen molar-refractivity contribution in [3.63, 3.8) is 0 Å². The van der Waals surface area contributed by atoms with Crippen LogP contribution < -0.4 is 10.6 Å². The third kappa shape index (κ3) is 6.52. The van der Waals surface area contributed by atoms with Crippen LogP contribution >= 0.6 is 0 Å². The Hall–Kier alpha value is -1.70. The van der Waals surface area contributed by atoms with E-state index < -0.39 is 21.6 Å². The molecule has 6 nitrogen and oxygen atoms in total. The van der Waals surface area contributed by atoms with Gasteiger partial charge in [0.15, 0.2) is 0 Å². The van der Waals surface area contributed by atoms with Crippen molar-refractivity contribution >= 4 is 21.6 Å². The predicted molar refractivity (Wildman–Crippen MR) is 79.6 cm³/mol. The lowest BCUT2D eigenvalue weighted by molar-refractivity contribution is 0.0953. The molecule has 8 heteroatoms. The van der Waals surface area contributed by atoms with Crippen LogP contribution in [0.3, 0.4) is 0 Å². The molecule has 0 aliphatic carbocycles. The lowest BCUT2D eigenvalue weighted by Crippen LogP contribution is -2.27. The molecule has 0 aliphatic rings. The number of anilines is 1. The molecule has 21 heavy (non-hydrogen) atoms. The number of carbonyl (C=O) groups excluding carboxylic acids is 1. The summed E-state index contributed by atoms with van der Waals surface area (Å²) in [7, 11) is -3.05. The van der Waals surface area contributed by atoms with E-state index in [1.54, 1.807) is 0 Å². The minimum absolute atomic E-state index is 0.00434. The molecule has 0 aromatic carbocycles. The van der Waals surface area contributed by atoms with E-state index in [1.807, 2.05) is 6.92 Å². The van der Waals surface area contributed by atoms with Crippen molar-refractivity contribution in [2.45, 2.75) is 19.8 Å². The quantitative estimate of drug-likeness (QED) is 0.704. The molecule has 0 fully saturated rings. The summed E-state index contributed by atoms with van der Waals surface area (Å²) in [6.45, 7) is 2.78. The Kier molecular flexibility index (Phi) is 6.54. The molecule has 0 atom stereocenters. The standard InChI is InChI=1S/C13H20FN3O3S/c1-3-5-15-12-11(8-10(14)9-17-12)13(18)16-6-4-7-21(2,19)20/h8-9H,3-7H2,1-2H3,(H,15,17)(H,16,18). The maximum atomic E-state index is 13.2. The average molecular weight is 317 g/mol. The van der Waals surface area contributed by atoms with Gasteiger partial charge < -0.3 is 10.6 Å². The van der Waals surface area contributed by atoms with Gasteiger partial charge in [0, 0.05) is 19.3 Å². The molecule has 1 aromatic heterocycles. The summed E-state index contributed by atoms with van der Waals surface area (Å²) in [5, 5.41) is 5.52. The number of halogens is 1. The largest absolute Gasteiger partial charge is 0.369 e. The van der Waals surface area contributed by atoms with Crippen LogP contribution in [0.25, 0.3) is 0 Å². The van der Waals surface area contributed by atoms with Crippen molar-refractivity contribution in [3.05, 3.63) is 23.6 Å². The molecular formula is C13H20FN3O3S. The second-order valence-corrected chi connectivity index (χ2v) is 6.98. The molecule has 1 rings (SSSR count). The van der Waals surface area contributed by atoms with Gasteiger partial charge in [0.25, 0.3) is 5.91 Å². The lowest BCUT2D eigenvalue weighted by atomic mass is 10.2. The first-order chi connectivity index (χ1) is 9.83. The molecule has 1 heterocycles. The first-order valence-corrected chi connectivity index (χ1v) is 8.75. The van der Waals surface area contributed by atoms with E-state index in [-0.39, 0.29) is 17.9 Å². The fourth-order valence-corrected chi connectivity index (χ4v) is 2.30. The van der Waals surface area contributed by atoms with Crippen LogP contribution in [0.5, 0.6) is 0 Å². The Balaban J connectivity index is 2.65. The van der Waals surface area contributed by atoms with Crippen molar-refractivity contribution in [1.29, 1.82) is 0 Å². The Morgan fingerprint density at radius 2 is 2.10 bits per heavy atom. The summed E-state index contributed by atoms with van der Waals surface area (Å²) < 4.78 is 35.2. The topological polar surface area (TPSA) is 88.2 Å². The van der Waals surface area contributed by atoms with Crippen molar-refractivity contribution in [3.8, 4) is 0 Å². The van der Waals surface area contributed by atoms with Crippen LogP contribution in [0.2, 0.25) is 0 Å². The van der Waals surface area contributed by atoms with Gasteiger partial charge in [-0.2, -0.15) is 0 Å². The number of hydrogen-bond donors (Lipinski definition) is 2. The summed E-state index contributed by atoms with van der Waals surface area (Å²) in [4.78, 5) is 15.9. The number of rotatable bonds is 8. The Morgan fingerprint density at radius 1 is 1.38 bits per heavy atom. The number of pyridine rings is 1. The number of hydrogen-bond acceptors (Lipinski definition) is 5. The van der Waals surface area contributed by atoms with Crippen LogP contribution in [0, 0.1) is 5.82 Å². The highest BCUT2D eigenvalue weighted by Crippen LogP contribution is 2.13. The van der Waals surface area contributed by atoms with Crippen molar-refractivity contribution in [2.24, 2.45) is 0 Å². The number of amides is 1. The zero-order chi connectivity index (χ0) is 15.9. The highest BCUT2D eigenvalue weighted by molar-refractivity contribution is 7.90. The molecular weight excluding hydrogens is 297 g/mol. The van der Waals surface area contributed by atoms with Gasteiger partial charge in [0.1, 0.15) is 21.5 Å². The van der Waals surface area contributed by atoms with Crippen molar-refractivity contribution in [1.82, 2.24) is 10.3 Å². The smallest absolute Gasteiger partial charge is 0.255 e. The molecule has 2 N–H and O–H groups in total. The number of carbonyl (C=O) groups is 1. The highest BCUT2D eigenvalue weighted by Gasteiger charge is 2.13. The van der Waals surface area contributed by atoms with E-state index in [9.17, 15) is 17.6 Å². The second kappa shape index (κ2) is 7.92. The van der Waals surface area contributed by atoms with Crippen LogP contribution in [0.1, 0.15) is 30.1 Å². The van der Waals surface area contributed by atoms with E-state index in [1.165, 1.54) is 0 Å². The molecule has 0 saturated heterocycles. The Bertz CT molecular complexity index is 590. The zero-order valence-electron chi connectivity index (χ0n) is 12.1. The molecule has 0 saturated carbocycles. The van der Waals surface area contributed by atoms with Crippen LogP contribution in [-0.4, -0.2) is 44.4 Å². The van der Waals surface area contributed by atoms with Crippen LogP contribution in [0.15, 0.2) is 12.3 Å². The van der Waals surface area contributed by atoms with Gasteiger partial charge in [0.05, 0.1) is 17.5 Å². The monoisotopic (exact) mass is 317 g/mol. The average Bonchev–Trinajstić information content (AvgIpc) is 2.41.